The topological polar surface area (TPSA) is 54.3 Å². The van der Waals surface area contributed by atoms with Crippen molar-refractivity contribution in [3.63, 3.8) is 0 Å². The lowest BCUT2D eigenvalue weighted by Gasteiger charge is -2.41. The smallest absolute Gasteiger partial charge is 0.256 e. The Balaban J connectivity index is 1.48. The average molecular weight is 474 g/mol. The molecule has 5 rings (SSSR count). The van der Waals surface area contributed by atoms with Crippen molar-refractivity contribution in [2.24, 2.45) is 5.92 Å². The number of aromatic nitrogens is 3. The summed E-state index contributed by atoms with van der Waals surface area (Å²) in [5.74, 6) is -0.532. The molecule has 2 aliphatic heterocycles. The Morgan fingerprint density at radius 2 is 1.61 bits per heavy atom. The first kappa shape index (κ1) is 22.2. The fourth-order valence-corrected chi connectivity index (χ4v) is 5.18. The molecule has 2 saturated heterocycles. The highest BCUT2D eigenvalue weighted by Gasteiger charge is 2.28. The van der Waals surface area contributed by atoms with Crippen molar-refractivity contribution in [2.45, 2.75) is 38.6 Å². The van der Waals surface area contributed by atoms with Crippen LogP contribution in [0.5, 0.6) is 0 Å². The van der Waals surface area contributed by atoms with Gasteiger partial charge in [0.1, 0.15) is 22.5 Å². The molecule has 0 spiro atoms. The SMILES string of the molecule is CC1CCN(C2CCN(c3nc(Cl)c4ccc(=O)n(-c5c(F)cccc5F)c4n3)CC2)CC1. The first-order valence-electron chi connectivity index (χ1n) is 11.4. The zero-order chi connectivity index (χ0) is 23.1. The molecule has 0 radical (unpaired) electrons. The Morgan fingerprint density at radius 1 is 0.939 bits per heavy atom. The number of anilines is 1. The number of piperidine rings is 2. The van der Waals surface area contributed by atoms with Crippen molar-refractivity contribution in [1.29, 1.82) is 0 Å². The molecule has 33 heavy (non-hydrogen) atoms. The summed E-state index contributed by atoms with van der Waals surface area (Å²) in [5.41, 5.74) is -0.967. The largest absolute Gasteiger partial charge is 0.341 e. The normalized spacial score (nSPS) is 18.8. The first-order valence-corrected chi connectivity index (χ1v) is 11.8. The second-order valence-electron chi connectivity index (χ2n) is 9.07. The first-order chi connectivity index (χ1) is 15.9. The monoisotopic (exact) mass is 473 g/mol. The lowest BCUT2D eigenvalue weighted by Crippen LogP contribution is -2.48. The maximum Gasteiger partial charge on any atom is 0.256 e. The number of likely N-dealkylation sites (tertiary alicyclic amines) is 1. The Hall–Kier alpha value is -2.58. The third kappa shape index (κ3) is 4.22. The third-order valence-electron chi connectivity index (χ3n) is 6.94. The van der Waals surface area contributed by atoms with Crippen molar-refractivity contribution in [1.82, 2.24) is 19.4 Å². The van der Waals surface area contributed by atoms with Crippen LogP contribution in [-0.4, -0.2) is 51.7 Å². The van der Waals surface area contributed by atoms with E-state index < -0.39 is 22.9 Å². The van der Waals surface area contributed by atoms with Crippen LogP contribution in [0.4, 0.5) is 14.7 Å². The number of benzene rings is 1. The van der Waals surface area contributed by atoms with Gasteiger partial charge in [-0.3, -0.25) is 9.36 Å². The van der Waals surface area contributed by atoms with Crippen LogP contribution in [-0.2, 0) is 0 Å². The molecule has 0 bridgehead atoms. The molecular weight excluding hydrogens is 448 g/mol. The number of nitrogens with zero attached hydrogens (tertiary/aromatic N) is 5. The van der Waals surface area contributed by atoms with E-state index in [9.17, 15) is 13.6 Å². The number of hydrogen-bond acceptors (Lipinski definition) is 5. The van der Waals surface area contributed by atoms with Crippen LogP contribution in [0.3, 0.4) is 0 Å². The Morgan fingerprint density at radius 3 is 2.27 bits per heavy atom. The molecule has 2 aromatic heterocycles. The maximum atomic E-state index is 14.6. The van der Waals surface area contributed by atoms with Gasteiger partial charge in [-0.1, -0.05) is 24.6 Å². The van der Waals surface area contributed by atoms with Gasteiger partial charge in [-0.25, -0.2) is 13.8 Å². The van der Waals surface area contributed by atoms with Gasteiger partial charge in [0.2, 0.25) is 5.95 Å². The van der Waals surface area contributed by atoms with E-state index in [1.807, 2.05) is 4.90 Å². The van der Waals surface area contributed by atoms with Gasteiger partial charge in [-0.2, -0.15) is 4.98 Å². The second kappa shape index (κ2) is 8.99. The maximum absolute atomic E-state index is 14.6. The Kier molecular flexibility index (Phi) is 6.05. The van der Waals surface area contributed by atoms with E-state index in [1.54, 1.807) is 0 Å². The third-order valence-corrected chi connectivity index (χ3v) is 7.22. The van der Waals surface area contributed by atoms with Gasteiger partial charge in [0, 0.05) is 25.2 Å². The highest BCUT2D eigenvalue weighted by molar-refractivity contribution is 6.34. The number of hydrogen-bond donors (Lipinski definition) is 0. The Labute approximate surface area is 195 Å². The van der Waals surface area contributed by atoms with E-state index >= 15 is 0 Å². The van der Waals surface area contributed by atoms with Crippen LogP contribution >= 0.6 is 11.6 Å². The van der Waals surface area contributed by atoms with Crippen LogP contribution in [0, 0.1) is 17.6 Å². The van der Waals surface area contributed by atoms with Gasteiger partial charge in [-0.05, 0) is 62.9 Å². The minimum Gasteiger partial charge on any atom is -0.341 e. The van der Waals surface area contributed by atoms with Gasteiger partial charge >= 0.3 is 0 Å². The van der Waals surface area contributed by atoms with Crippen molar-refractivity contribution in [3.8, 4) is 5.69 Å². The summed E-state index contributed by atoms with van der Waals surface area (Å²) >= 11 is 6.45. The molecule has 4 heterocycles. The van der Waals surface area contributed by atoms with Crippen molar-refractivity contribution in [2.75, 3.05) is 31.1 Å². The zero-order valence-corrected chi connectivity index (χ0v) is 19.2. The van der Waals surface area contributed by atoms with Gasteiger partial charge < -0.3 is 9.80 Å². The molecule has 9 heteroatoms. The number of rotatable bonds is 3. The number of pyridine rings is 1. The minimum atomic E-state index is -0.849. The van der Waals surface area contributed by atoms with Crippen LogP contribution in [0.25, 0.3) is 16.7 Å². The van der Waals surface area contributed by atoms with Gasteiger partial charge in [0.25, 0.3) is 5.56 Å². The van der Waals surface area contributed by atoms with E-state index in [0.717, 1.165) is 61.6 Å². The molecule has 6 nitrogen and oxygen atoms in total. The zero-order valence-electron chi connectivity index (χ0n) is 18.5. The highest BCUT2D eigenvalue weighted by atomic mass is 35.5. The molecule has 3 aromatic rings. The fourth-order valence-electron chi connectivity index (χ4n) is 4.95. The molecule has 2 aliphatic rings. The summed E-state index contributed by atoms with van der Waals surface area (Å²) in [7, 11) is 0. The van der Waals surface area contributed by atoms with E-state index in [-0.39, 0.29) is 10.8 Å². The summed E-state index contributed by atoms with van der Waals surface area (Å²) in [5, 5.41) is 0.507. The summed E-state index contributed by atoms with van der Waals surface area (Å²) in [6.45, 7) is 6.11. The standard InChI is InChI=1S/C24H26ClF2N5O/c1-15-7-11-30(12-8-15)16-9-13-31(14-10-16)24-28-22(25)17-5-6-20(33)32(23(17)29-24)21-18(26)3-2-4-19(21)27/h2-6,15-16H,7-14H2,1H3. The van der Waals surface area contributed by atoms with Gasteiger partial charge in [0.15, 0.2) is 5.65 Å². The second-order valence-corrected chi connectivity index (χ2v) is 9.42. The summed E-state index contributed by atoms with van der Waals surface area (Å²) in [6.07, 6.45) is 4.45. The number of para-hydroxylation sites is 1. The van der Waals surface area contributed by atoms with E-state index in [0.29, 0.717) is 17.4 Å². The van der Waals surface area contributed by atoms with Crippen molar-refractivity contribution in [3.05, 3.63) is 57.5 Å². The minimum absolute atomic E-state index is 0.0913. The van der Waals surface area contributed by atoms with E-state index in [1.165, 1.54) is 31.0 Å². The lowest BCUT2D eigenvalue weighted by atomic mass is 9.95. The molecule has 0 atom stereocenters. The molecule has 2 fully saturated rings. The summed E-state index contributed by atoms with van der Waals surface area (Å²) in [6, 6.07) is 6.72. The fraction of sp³-hybridized carbons (Fsp3) is 0.458. The van der Waals surface area contributed by atoms with Crippen LogP contribution < -0.4 is 10.5 Å². The van der Waals surface area contributed by atoms with Gasteiger partial charge in [-0.15, -0.1) is 0 Å². The van der Waals surface area contributed by atoms with E-state index in [2.05, 4.69) is 21.8 Å². The van der Waals surface area contributed by atoms with Crippen molar-refractivity contribution < 1.29 is 8.78 Å². The number of fused-ring (bicyclic) bond motifs is 1. The molecule has 0 unspecified atom stereocenters. The van der Waals surface area contributed by atoms with Crippen LogP contribution in [0.1, 0.15) is 32.6 Å². The Bertz CT molecular complexity index is 1210. The predicted octanol–water partition coefficient (Wildman–Crippen LogP) is 4.41. The number of halogens is 3. The van der Waals surface area contributed by atoms with Crippen LogP contribution in [0.2, 0.25) is 5.15 Å². The lowest BCUT2D eigenvalue weighted by molar-refractivity contribution is 0.120. The molecule has 1 aromatic carbocycles. The predicted molar refractivity (Wildman–Crippen MR) is 125 cm³/mol. The quantitative estimate of drug-likeness (QED) is 0.527. The highest BCUT2D eigenvalue weighted by Crippen LogP contribution is 2.29. The van der Waals surface area contributed by atoms with Crippen molar-refractivity contribution >= 4 is 28.6 Å². The summed E-state index contributed by atoms with van der Waals surface area (Å²) < 4.78 is 30.0. The molecule has 0 amide bonds. The van der Waals surface area contributed by atoms with Crippen LogP contribution in [0.15, 0.2) is 35.1 Å². The summed E-state index contributed by atoms with van der Waals surface area (Å²) in [4.78, 5) is 26.3. The molecule has 0 aliphatic carbocycles. The molecule has 174 valence electrons. The molecule has 0 saturated carbocycles. The molecular formula is C24H26ClF2N5O. The van der Waals surface area contributed by atoms with E-state index in [4.69, 9.17) is 11.6 Å². The van der Waals surface area contributed by atoms with Gasteiger partial charge in [0.05, 0.1) is 5.39 Å². The molecule has 0 N–H and O–H groups in total. The average Bonchev–Trinajstić information content (AvgIpc) is 2.81.